The van der Waals surface area contributed by atoms with E-state index in [0.717, 1.165) is 24.8 Å². The lowest BCUT2D eigenvalue weighted by atomic mass is 9.97. The summed E-state index contributed by atoms with van der Waals surface area (Å²) in [5, 5.41) is 0. The van der Waals surface area contributed by atoms with E-state index in [1.807, 2.05) is 30.3 Å². The van der Waals surface area contributed by atoms with Gasteiger partial charge in [0.1, 0.15) is 0 Å². The second kappa shape index (κ2) is 6.73. The highest BCUT2D eigenvalue weighted by molar-refractivity contribution is 7.88. The Labute approximate surface area is 120 Å². The van der Waals surface area contributed by atoms with Gasteiger partial charge >= 0.3 is 0 Å². The van der Waals surface area contributed by atoms with Gasteiger partial charge in [-0.3, -0.25) is 0 Å². The summed E-state index contributed by atoms with van der Waals surface area (Å²) >= 11 is 5.76. The number of rotatable bonds is 5. The van der Waals surface area contributed by atoms with Crippen LogP contribution in [0.4, 0.5) is 0 Å². The van der Waals surface area contributed by atoms with E-state index in [9.17, 15) is 8.42 Å². The summed E-state index contributed by atoms with van der Waals surface area (Å²) in [6.45, 7) is 1.27. The first kappa shape index (κ1) is 14.8. The molecule has 0 aromatic heterocycles. The van der Waals surface area contributed by atoms with E-state index in [2.05, 4.69) is 0 Å². The molecule has 0 spiro atoms. The molecule has 2 rings (SSSR count). The first-order valence-corrected chi connectivity index (χ1v) is 8.84. The summed E-state index contributed by atoms with van der Waals surface area (Å²) in [7, 11) is -3.20. The van der Waals surface area contributed by atoms with E-state index in [1.165, 1.54) is 0 Å². The van der Waals surface area contributed by atoms with Gasteiger partial charge in [-0.15, -0.1) is 11.6 Å². The lowest BCUT2D eigenvalue weighted by Gasteiger charge is -2.31. The fraction of sp³-hybridized carbons (Fsp3) is 0.571. The molecule has 1 fully saturated rings. The van der Waals surface area contributed by atoms with Crippen molar-refractivity contribution in [2.24, 2.45) is 5.92 Å². The Hall–Kier alpha value is -0.580. The summed E-state index contributed by atoms with van der Waals surface area (Å²) in [5.74, 6) is 1.12. The Morgan fingerprint density at radius 2 is 2.00 bits per heavy atom. The van der Waals surface area contributed by atoms with Crippen LogP contribution in [-0.4, -0.2) is 31.7 Å². The molecule has 1 atom stereocenters. The molecule has 5 heteroatoms. The van der Waals surface area contributed by atoms with E-state index in [4.69, 9.17) is 11.6 Å². The van der Waals surface area contributed by atoms with Crippen molar-refractivity contribution in [2.75, 3.05) is 19.0 Å². The zero-order chi connectivity index (χ0) is 13.7. The van der Waals surface area contributed by atoms with Crippen LogP contribution in [0.25, 0.3) is 0 Å². The predicted octanol–water partition coefficient (Wildman–Crippen LogP) is 2.86. The molecule has 3 nitrogen and oxygen atoms in total. The number of nitrogens with zero attached hydrogens (tertiary/aromatic N) is 1. The highest BCUT2D eigenvalue weighted by Gasteiger charge is 2.28. The Balaban J connectivity index is 2.03. The summed E-state index contributed by atoms with van der Waals surface area (Å²) in [6, 6.07) is 9.36. The van der Waals surface area contributed by atoms with E-state index in [1.54, 1.807) is 4.31 Å². The van der Waals surface area contributed by atoms with Crippen molar-refractivity contribution >= 4 is 21.6 Å². The molecule has 1 unspecified atom stereocenters. The summed E-state index contributed by atoms with van der Waals surface area (Å²) in [5.41, 5.74) is 0.849. The Bertz CT molecular complexity index is 487. The number of piperidine rings is 1. The first-order valence-electron chi connectivity index (χ1n) is 6.69. The third-order valence-electron chi connectivity index (χ3n) is 3.58. The molecule has 0 bridgehead atoms. The molecule has 106 valence electrons. The van der Waals surface area contributed by atoms with Crippen LogP contribution in [0, 0.1) is 5.92 Å². The fourth-order valence-electron chi connectivity index (χ4n) is 2.55. The van der Waals surface area contributed by atoms with Crippen LogP contribution in [-0.2, 0) is 15.8 Å². The standard InChI is InChI=1S/C14H20ClNO2S/c15-9-8-13-7-4-10-16(11-13)19(17,18)12-14-5-2-1-3-6-14/h1-3,5-6,13H,4,7-12H2. The van der Waals surface area contributed by atoms with Crippen LogP contribution < -0.4 is 0 Å². The Morgan fingerprint density at radius 1 is 1.26 bits per heavy atom. The monoisotopic (exact) mass is 301 g/mol. The molecule has 0 aliphatic carbocycles. The van der Waals surface area contributed by atoms with Crippen molar-refractivity contribution in [1.29, 1.82) is 0 Å². The maximum Gasteiger partial charge on any atom is 0.218 e. The van der Waals surface area contributed by atoms with Gasteiger partial charge < -0.3 is 0 Å². The second-order valence-corrected chi connectivity index (χ2v) is 7.43. The highest BCUT2D eigenvalue weighted by atomic mass is 35.5. The quantitative estimate of drug-likeness (QED) is 0.784. The van der Waals surface area contributed by atoms with E-state index < -0.39 is 10.0 Å². The molecular weight excluding hydrogens is 282 g/mol. The molecule has 1 aromatic carbocycles. The molecule has 1 saturated heterocycles. The average molecular weight is 302 g/mol. The summed E-state index contributed by atoms with van der Waals surface area (Å²) in [6.07, 6.45) is 2.93. The first-order chi connectivity index (χ1) is 9.12. The van der Waals surface area contributed by atoms with Crippen LogP contribution in [0.3, 0.4) is 0 Å². The van der Waals surface area contributed by atoms with Crippen molar-refractivity contribution in [3.05, 3.63) is 35.9 Å². The average Bonchev–Trinajstić information content (AvgIpc) is 2.40. The maximum absolute atomic E-state index is 12.4. The highest BCUT2D eigenvalue weighted by Crippen LogP contribution is 2.23. The van der Waals surface area contributed by atoms with Gasteiger partial charge in [0.2, 0.25) is 10.0 Å². The van der Waals surface area contributed by atoms with Crippen molar-refractivity contribution in [2.45, 2.75) is 25.0 Å². The van der Waals surface area contributed by atoms with E-state index in [-0.39, 0.29) is 5.75 Å². The van der Waals surface area contributed by atoms with Gasteiger partial charge in [0.15, 0.2) is 0 Å². The summed E-state index contributed by atoms with van der Waals surface area (Å²) < 4.78 is 26.4. The van der Waals surface area contributed by atoms with Gasteiger partial charge in [-0.2, -0.15) is 0 Å². The third kappa shape index (κ3) is 4.20. The van der Waals surface area contributed by atoms with Gasteiger partial charge in [-0.1, -0.05) is 30.3 Å². The molecule has 0 N–H and O–H groups in total. The predicted molar refractivity (Wildman–Crippen MR) is 78.7 cm³/mol. The van der Waals surface area contributed by atoms with Crippen molar-refractivity contribution in [1.82, 2.24) is 4.31 Å². The largest absolute Gasteiger partial charge is 0.218 e. The summed E-state index contributed by atoms with van der Waals surface area (Å²) in [4.78, 5) is 0. The minimum absolute atomic E-state index is 0.0986. The molecule has 1 aliphatic heterocycles. The Kier molecular flexibility index (Phi) is 5.25. The lowest BCUT2D eigenvalue weighted by molar-refractivity contribution is 0.262. The lowest BCUT2D eigenvalue weighted by Crippen LogP contribution is -2.40. The molecule has 0 saturated carbocycles. The molecule has 0 radical (unpaired) electrons. The third-order valence-corrected chi connectivity index (χ3v) is 5.62. The molecule has 0 amide bonds. The number of benzene rings is 1. The number of sulfonamides is 1. The van der Waals surface area contributed by atoms with Crippen LogP contribution in [0.15, 0.2) is 30.3 Å². The van der Waals surface area contributed by atoms with Crippen LogP contribution >= 0.6 is 11.6 Å². The molecule has 19 heavy (non-hydrogen) atoms. The zero-order valence-electron chi connectivity index (χ0n) is 11.0. The SMILES string of the molecule is O=S(=O)(Cc1ccccc1)N1CCCC(CCCl)C1. The van der Waals surface area contributed by atoms with Crippen molar-refractivity contribution < 1.29 is 8.42 Å². The van der Waals surface area contributed by atoms with Crippen LogP contribution in [0.1, 0.15) is 24.8 Å². The molecular formula is C14H20ClNO2S. The van der Waals surface area contributed by atoms with Gasteiger partial charge in [-0.25, -0.2) is 12.7 Å². The molecule has 1 aliphatic rings. The van der Waals surface area contributed by atoms with E-state index in [0.29, 0.717) is 24.9 Å². The fourth-order valence-corrected chi connectivity index (χ4v) is 4.50. The van der Waals surface area contributed by atoms with Crippen LogP contribution in [0.5, 0.6) is 0 Å². The number of halogens is 1. The number of hydrogen-bond acceptors (Lipinski definition) is 2. The van der Waals surface area contributed by atoms with Crippen molar-refractivity contribution in [3.63, 3.8) is 0 Å². The topological polar surface area (TPSA) is 37.4 Å². The van der Waals surface area contributed by atoms with Gasteiger partial charge in [-0.05, 0) is 30.7 Å². The minimum Gasteiger partial charge on any atom is -0.212 e. The zero-order valence-corrected chi connectivity index (χ0v) is 12.5. The van der Waals surface area contributed by atoms with Crippen LogP contribution in [0.2, 0.25) is 0 Å². The molecule has 1 aromatic rings. The Morgan fingerprint density at radius 3 is 2.68 bits per heavy atom. The van der Waals surface area contributed by atoms with Gasteiger partial charge in [0.05, 0.1) is 5.75 Å². The minimum atomic E-state index is -3.20. The van der Waals surface area contributed by atoms with E-state index >= 15 is 0 Å². The van der Waals surface area contributed by atoms with Crippen molar-refractivity contribution in [3.8, 4) is 0 Å². The van der Waals surface area contributed by atoms with Gasteiger partial charge in [0, 0.05) is 19.0 Å². The number of alkyl halides is 1. The number of hydrogen-bond donors (Lipinski definition) is 0. The smallest absolute Gasteiger partial charge is 0.212 e. The second-order valence-electron chi connectivity index (χ2n) is 5.09. The normalized spacial score (nSPS) is 21.4. The van der Waals surface area contributed by atoms with Gasteiger partial charge in [0.25, 0.3) is 0 Å². The maximum atomic E-state index is 12.4. The molecule has 1 heterocycles.